The number of nitrogens with one attached hydrogen (secondary N) is 1. The van der Waals surface area contributed by atoms with Gasteiger partial charge in [-0.1, -0.05) is 38.1 Å². The van der Waals surface area contributed by atoms with Crippen molar-refractivity contribution in [3.8, 4) is 0 Å². The molecule has 0 unspecified atom stereocenters. The molecule has 1 aromatic carbocycles. The van der Waals surface area contributed by atoms with Gasteiger partial charge >= 0.3 is 0 Å². The second-order valence-electron chi connectivity index (χ2n) is 5.61. The summed E-state index contributed by atoms with van der Waals surface area (Å²) < 4.78 is 0. The van der Waals surface area contributed by atoms with Crippen molar-refractivity contribution in [1.82, 2.24) is 10.3 Å². The molecule has 1 N–H and O–H groups in total. The number of benzene rings is 1. The molecular weight excluding hydrogens is 264 g/mol. The second-order valence-corrected chi connectivity index (χ2v) is 6.81. The van der Waals surface area contributed by atoms with Crippen LogP contribution in [0.3, 0.4) is 0 Å². The van der Waals surface area contributed by atoms with Gasteiger partial charge in [-0.15, -0.1) is 11.3 Å². The lowest BCUT2D eigenvalue weighted by atomic mass is 9.96. The van der Waals surface area contributed by atoms with E-state index in [0.29, 0.717) is 0 Å². The summed E-state index contributed by atoms with van der Waals surface area (Å²) in [7, 11) is 0. The second kappa shape index (κ2) is 5.30. The van der Waals surface area contributed by atoms with E-state index in [1.807, 2.05) is 11.3 Å². The van der Waals surface area contributed by atoms with Crippen LogP contribution in [0.25, 0.3) is 0 Å². The van der Waals surface area contributed by atoms with Gasteiger partial charge in [-0.3, -0.25) is 0 Å². The Kier molecular flexibility index (Phi) is 3.65. The molecule has 2 aromatic rings. The number of hydrogen-bond donors (Lipinski definition) is 1. The first-order chi connectivity index (χ1) is 9.68. The summed E-state index contributed by atoms with van der Waals surface area (Å²) in [5, 5.41) is 5.00. The van der Waals surface area contributed by atoms with Crippen LogP contribution in [0.2, 0.25) is 0 Å². The van der Waals surface area contributed by atoms with Crippen molar-refractivity contribution in [2.75, 3.05) is 6.54 Å². The summed E-state index contributed by atoms with van der Waals surface area (Å²) in [6.45, 7) is 7.55. The van der Waals surface area contributed by atoms with Gasteiger partial charge in [0, 0.05) is 4.88 Å². The van der Waals surface area contributed by atoms with Crippen molar-refractivity contribution < 1.29 is 0 Å². The molecule has 20 heavy (non-hydrogen) atoms. The van der Waals surface area contributed by atoms with E-state index < -0.39 is 0 Å². The third-order valence-corrected chi connectivity index (χ3v) is 5.47. The standard InChI is InChI=1S/C17H22N2S/c1-4-15-12(3)20-16(19-15)17(18-5-2)10-13-8-6-7-9-14(13)11-17/h6-9,18H,4-5,10-11H2,1-3H3. The fourth-order valence-corrected chi connectivity index (χ4v) is 4.43. The van der Waals surface area contributed by atoms with Gasteiger partial charge in [-0.2, -0.15) is 0 Å². The average Bonchev–Trinajstić information content (AvgIpc) is 3.00. The van der Waals surface area contributed by atoms with Gasteiger partial charge in [0.05, 0.1) is 11.2 Å². The minimum absolute atomic E-state index is 0.0152. The van der Waals surface area contributed by atoms with Gasteiger partial charge < -0.3 is 5.32 Å². The molecule has 1 heterocycles. The van der Waals surface area contributed by atoms with Crippen LogP contribution in [-0.2, 0) is 24.8 Å². The fraction of sp³-hybridized carbons (Fsp3) is 0.471. The van der Waals surface area contributed by atoms with E-state index in [1.165, 1.54) is 26.7 Å². The van der Waals surface area contributed by atoms with Crippen molar-refractivity contribution in [3.63, 3.8) is 0 Å². The molecule has 1 aromatic heterocycles. The molecule has 0 radical (unpaired) electrons. The molecule has 0 amide bonds. The summed E-state index contributed by atoms with van der Waals surface area (Å²) >= 11 is 1.87. The van der Waals surface area contributed by atoms with Crippen LogP contribution in [0, 0.1) is 6.92 Å². The van der Waals surface area contributed by atoms with Crippen molar-refractivity contribution in [2.45, 2.75) is 45.6 Å². The molecule has 0 aliphatic heterocycles. The highest BCUT2D eigenvalue weighted by molar-refractivity contribution is 7.11. The molecule has 2 nitrogen and oxygen atoms in total. The Morgan fingerprint density at radius 3 is 2.35 bits per heavy atom. The predicted octanol–water partition coefficient (Wildman–Crippen LogP) is 3.62. The zero-order valence-corrected chi connectivity index (χ0v) is 13.3. The molecule has 0 atom stereocenters. The lowest BCUT2D eigenvalue weighted by Gasteiger charge is -2.27. The monoisotopic (exact) mass is 286 g/mol. The van der Waals surface area contributed by atoms with Crippen molar-refractivity contribution in [3.05, 3.63) is 51.0 Å². The Balaban J connectivity index is 2.02. The third kappa shape index (κ3) is 2.19. The molecule has 106 valence electrons. The van der Waals surface area contributed by atoms with Crippen molar-refractivity contribution in [2.24, 2.45) is 0 Å². The first-order valence-electron chi connectivity index (χ1n) is 7.47. The maximum Gasteiger partial charge on any atom is 0.114 e. The van der Waals surface area contributed by atoms with Crippen LogP contribution in [-0.4, -0.2) is 11.5 Å². The van der Waals surface area contributed by atoms with E-state index in [-0.39, 0.29) is 5.54 Å². The highest BCUT2D eigenvalue weighted by atomic mass is 32.1. The van der Waals surface area contributed by atoms with Crippen LogP contribution in [0.15, 0.2) is 24.3 Å². The number of thiazole rings is 1. The number of likely N-dealkylation sites (N-methyl/N-ethyl adjacent to an activating group) is 1. The molecule has 3 heteroatoms. The predicted molar refractivity (Wildman–Crippen MR) is 85.4 cm³/mol. The third-order valence-electron chi connectivity index (χ3n) is 4.25. The number of aromatic nitrogens is 1. The highest BCUT2D eigenvalue weighted by Crippen LogP contribution is 2.40. The van der Waals surface area contributed by atoms with Crippen LogP contribution in [0.4, 0.5) is 0 Å². The first-order valence-corrected chi connectivity index (χ1v) is 8.28. The molecule has 0 fully saturated rings. The molecule has 0 saturated heterocycles. The topological polar surface area (TPSA) is 24.9 Å². The Morgan fingerprint density at radius 1 is 1.20 bits per heavy atom. The number of aryl methyl sites for hydroxylation is 2. The molecule has 0 saturated carbocycles. The molecular formula is C17H22N2S. The van der Waals surface area contributed by atoms with E-state index >= 15 is 0 Å². The van der Waals surface area contributed by atoms with Gasteiger partial charge in [-0.25, -0.2) is 4.98 Å². The Morgan fingerprint density at radius 2 is 1.85 bits per heavy atom. The highest BCUT2D eigenvalue weighted by Gasteiger charge is 2.40. The van der Waals surface area contributed by atoms with E-state index in [2.05, 4.69) is 50.4 Å². The Labute approximate surface area is 125 Å². The lowest BCUT2D eigenvalue weighted by molar-refractivity contribution is 0.356. The van der Waals surface area contributed by atoms with Gasteiger partial charge in [0.15, 0.2) is 0 Å². The fourth-order valence-electron chi connectivity index (χ4n) is 3.27. The zero-order chi connectivity index (χ0) is 14.2. The van der Waals surface area contributed by atoms with Crippen molar-refractivity contribution >= 4 is 11.3 Å². The Hall–Kier alpha value is -1.19. The smallest absolute Gasteiger partial charge is 0.114 e. The number of nitrogens with zero attached hydrogens (tertiary/aromatic N) is 1. The normalized spacial score (nSPS) is 16.4. The molecule has 0 spiro atoms. The van der Waals surface area contributed by atoms with Gasteiger partial charge in [0.25, 0.3) is 0 Å². The van der Waals surface area contributed by atoms with Gasteiger partial charge in [0.2, 0.25) is 0 Å². The minimum Gasteiger partial charge on any atom is -0.305 e. The number of fused-ring (bicyclic) bond motifs is 1. The summed E-state index contributed by atoms with van der Waals surface area (Å²) in [5.74, 6) is 0. The first kappa shape index (κ1) is 13.8. The maximum absolute atomic E-state index is 4.94. The van der Waals surface area contributed by atoms with Crippen LogP contribution in [0.1, 0.15) is 40.6 Å². The molecule has 1 aliphatic rings. The quantitative estimate of drug-likeness (QED) is 0.928. The summed E-state index contributed by atoms with van der Waals surface area (Å²) in [4.78, 5) is 6.31. The Bertz CT molecular complexity index is 590. The molecule has 3 rings (SSSR count). The number of rotatable bonds is 4. The summed E-state index contributed by atoms with van der Waals surface area (Å²) in [6.07, 6.45) is 3.15. The summed E-state index contributed by atoms with van der Waals surface area (Å²) in [6, 6.07) is 8.81. The van der Waals surface area contributed by atoms with Crippen LogP contribution >= 0.6 is 11.3 Å². The average molecular weight is 286 g/mol. The molecule has 0 bridgehead atoms. The van der Waals surface area contributed by atoms with E-state index in [9.17, 15) is 0 Å². The maximum atomic E-state index is 4.94. The van der Waals surface area contributed by atoms with E-state index in [0.717, 1.165) is 25.8 Å². The number of hydrogen-bond acceptors (Lipinski definition) is 3. The van der Waals surface area contributed by atoms with Gasteiger partial charge in [0.1, 0.15) is 5.01 Å². The van der Waals surface area contributed by atoms with Crippen LogP contribution < -0.4 is 5.32 Å². The van der Waals surface area contributed by atoms with Crippen molar-refractivity contribution in [1.29, 1.82) is 0 Å². The molecule has 1 aliphatic carbocycles. The van der Waals surface area contributed by atoms with Crippen LogP contribution in [0.5, 0.6) is 0 Å². The largest absolute Gasteiger partial charge is 0.305 e. The lowest BCUT2D eigenvalue weighted by Crippen LogP contribution is -2.43. The zero-order valence-electron chi connectivity index (χ0n) is 12.5. The van der Waals surface area contributed by atoms with E-state index in [1.54, 1.807) is 0 Å². The van der Waals surface area contributed by atoms with Gasteiger partial charge in [-0.05, 0) is 43.9 Å². The SMILES string of the molecule is CCNC1(c2nc(CC)c(C)s2)Cc2ccccc2C1. The minimum atomic E-state index is 0.0152. The van der Waals surface area contributed by atoms with E-state index in [4.69, 9.17) is 4.98 Å². The summed E-state index contributed by atoms with van der Waals surface area (Å²) in [5.41, 5.74) is 4.22.